The van der Waals surface area contributed by atoms with Gasteiger partial charge in [-0.2, -0.15) is 0 Å². The summed E-state index contributed by atoms with van der Waals surface area (Å²) in [7, 11) is 0. The third-order valence-electron chi connectivity index (χ3n) is 9.12. The Labute approximate surface area is 285 Å². The number of unbranched alkanes of at least 4 members (excludes halogenated alkanes) is 16. The van der Waals surface area contributed by atoms with E-state index in [-0.39, 0.29) is 42.9 Å². The van der Waals surface area contributed by atoms with E-state index >= 15 is 0 Å². The van der Waals surface area contributed by atoms with Crippen LogP contribution < -0.4 is 0 Å². The van der Waals surface area contributed by atoms with Gasteiger partial charge in [0.1, 0.15) is 13.2 Å². The molecule has 270 valence electrons. The number of hydrogen-bond acceptors (Lipinski definition) is 5. The summed E-state index contributed by atoms with van der Waals surface area (Å²) >= 11 is 0. The van der Waals surface area contributed by atoms with Gasteiger partial charge in [0.15, 0.2) is 0 Å². The lowest BCUT2D eigenvalue weighted by Gasteiger charge is -2.23. The molecule has 0 bridgehead atoms. The van der Waals surface area contributed by atoms with Gasteiger partial charge >= 0.3 is 11.9 Å². The summed E-state index contributed by atoms with van der Waals surface area (Å²) in [5, 5.41) is 0. The van der Waals surface area contributed by atoms with Crippen LogP contribution in [0.5, 0.6) is 0 Å². The molecule has 0 heterocycles. The second-order valence-electron chi connectivity index (χ2n) is 13.4. The molecule has 0 rings (SSSR count). The minimum Gasteiger partial charge on any atom is -0.464 e. The first-order valence-electron chi connectivity index (χ1n) is 19.7. The molecule has 0 aromatic heterocycles. The van der Waals surface area contributed by atoms with E-state index in [4.69, 9.17) is 9.47 Å². The highest BCUT2D eigenvalue weighted by molar-refractivity contribution is 5.87. The molecule has 0 aliphatic carbocycles. The van der Waals surface area contributed by atoms with Crippen LogP contribution in [-0.2, 0) is 23.9 Å². The van der Waals surface area contributed by atoms with Crippen molar-refractivity contribution in [3.63, 3.8) is 0 Å². The largest absolute Gasteiger partial charge is 0.464 e. The summed E-state index contributed by atoms with van der Waals surface area (Å²) in [5.41, 5.74) is 0. The maximum atomic E-state index is 13.0. The van der Waals surface area contributed by atoms with Crippen LogP contribution in [0.25, 0.3) is 0 Å². The first-order valence-corrected chi connectivity index (χ1v) is 19.7. The number of carbonyl (C=O) groups excluding carboxylic acids is 3. The molecule has 2 atom stereocenters. The van der Waals surface area contributed by atoms with Crippen LogP contribution >= 0.6 is 0 Å². The van der Waals surface area contributed by atoms with Gasteiger partial charge < -0.3 is 14.4 Å². The first-order chi connectivity index (χ1) is 22.4. The number of carbonyl (C=O) groups is 3. The Morgan fingerprint density at radius 1 is 0.500 bits per heavy atom. The SMILES string of the molecule is C/C=C\C(=O)N(CCOC(=O)C(CCCC)CCCCCCCCCC)CCOC(=O)C(CCCC)CCCCCCCCCC. The number of rotatable bonds is 33. The van der Waals surface area contributed by atoms with Crippen LogP contribution in [-0.4, -0.2) is 49.0 Å². The zero-order valence-electron chi connectivity index (χ0n) is 31.1. The molecule has 6 heteroatoms. The summed E-state index contributed by atoms with van der Waals surface area (Å²) in [4.78, 5) is 40.4. The highest BCUT2D eigenvalue weighted by Gasteiger charge is 2.22. The van der Waals surface area contributed by atoms with E-state index in [0.717, 1.165) is 64.2 Å². The van der Waals surface area contributed by atoms with Crippen LogP contribution in [0.4, 0.5) is 0 Å². The molecule has 2 unspecified atom stereocenters. The lowest BCUT2D eigenvalue weighted by Crippen LogP contribution is -2.37. The van der Waals surface area contributed by atoms with Crippen molar-refractivity contribution >= 4 is 17.8 Å². The van der Waals surface area contributed by atoms with Crippen molar-refractivity contribution in [3.05, 3.63) is 12.2 Å². The Morgan fingerprint density at radius 3 is 1.17 bits per heavy atom. The molecule has 0 aliphatic rings. The number of esters is 2. The number of amides is 1. The lowest BCUT2D eigenvalue weighted by molar-refractivity contribution is -0.151. The van der Waals surface area contributed by atoms with E-state index in [1.54, 1.807) is 11.0 Å². The molecule has 0 saturated carbocycles. The van der Waals surface area contributed by atoms with Crippen LogP contribution in [0.1, 0.15) is 189 Å². The third kappa shape index (κ3) is 25.3. The van der Waals surface area contributed by atoms with Gasteiger partial charge in [-0.1, -0.05) is 162 Å². The van der Waals surface area contributed by atoms with Gasteiger partial charge in [0.25, 0.3) is 0 Å². The molecule has 0 aromatic rings. The van der Waals surface area contributed by atoms with Gasteiger partial charge in [-0.15, -0.1) is 0 Å². The average Bonchev–Trinajstić information content (AvgIpc) is 3.05. The third-order valence-corrected chi connectivity index (χ3v) is 9.12. The second kappa shape index (κ2) is 33.1. The maximum absolute atomic E-state index is 13.0. The topological polar surface area (TPSA) is 72.9 Å². The molecular weight excluding hydrogens is 574 g/mol. The van der Waals surface area contributed by atoms with Crippen molar-refractivity contribution in [3.8, 4) is 0 Å². The highest BCUT2D eigenvalue weighted by atomic mass is 16.5. The fourth-order valence-corrected chi connectivity index (χ4v) is 6.04. The van der Waals surface area contributed by atoms with Crippen molar-refractivity contribution in [2.75, 3.05) is 26.3 Å². The lowest BCUT2D eigenvalue weighted by atomic mass is 9.95. The average molecular weight is 650 g/mol. The van der Waals surface area contributed by atoms with E-state index in [1.165, 1.54) is 96.0 Å². The van der Waals surface area contributed by atoms with Crippen LogP contribution in [0.2, 0.25) is 0 Å². The smallest absolute Gasteiger partial charge is 0.308 e. The Bertz CT molecular complexity index is 702. The monoisotopic (exact) mass is 650 g/mol. The molecule has 0 aliphatic heterocycles. The van der Waals surface area contributed by atoms with Gasteiger partial charge in [-0.05, 0) is 38.7 Å². The van der Waals surface area contributed by atoms with Crippen LogP contribution in [0.3, 0.4) is 0 Å². The number of nitrogens with zero attached hydrogens (tertiary/aromatic N) is 1. The summed E-state index contributed by atoms with van der Waals surface area (Å²) in [6.07, 6.45) is 30.9. The zero-order valence-corrected chi connectivity index (χ0v) is 31.1. The second-order valence-corrected chi connectivity index (χ2v) is 13.4. The van der Waals surface area contributed by atoms with Crippen molar-refractivity contribution in [2.24, 2.45) is 11.8 Å². The minimum atomic E-state index is -0.155. The van der Waals surface area contributed by atoms with Gasteiger partial charge in [0, 0.05) is 0 Å². The van der Waals surface area contributed by atoms with Gasteiger partial charge in [-0.3, -0.25) is 14.4 Å². The molecule has 1 amide bonds. The molecular formula is C40H75NO5. The van der Waals surface area contributed by atoms with E-state index < -0.39 is 0 Å². The first kappa shape index (κ1) is 44.1. The Balaban J connectivity index is 4.73. The van der Waals surface area contributed by atoms with Gasteiger partial charge in [0.2, 0.25) is 5.91 Å². The number of hydrogen-bond donors (Lipinski definition) is 0. The predicted molar refractivity (Wildman–Crippen MR) is 194 cm³/mol. The Hall–Kier alpha value is -1.85. The number of ether oxygens (including phenoxy) is 2. The van der Waals surface area contributed by atoms with Crippen molar-refractivity contribution < 1.29 is 23.9 Å². The van der Waals surface area contributed by atoms with Crippen LogP contribution in [0, 0.1) is 11.8 Å². The van der Waals surface area contributed by atoms with E-state index in [0.29, 0.717) is 13.1 Å². The predicted octanol–water partition coefficient (Wildman–Crippen LogP) is 11.2. The Kier molecular flexibility index (Phi) is 31.7. The molecule has 0 spiro atoms. The molecule has 46 heavy (non-hydrogen) atoms. The van der Waals surface area contributed by atoms with Crippen molar-refractivity contribution in [1.29, 1.82) is 0 Å². The molecule has 6 nitrogen and oxygen atoms in total. The van der Waals surface area contributed by atoms with Gasteiger partial charge in [0.05, 0.1) is 24.9 Å². The summed E-state index contributed by atoms with van der Waals surface area (Å²) in [5.74, 6) is -0.567. The quantitative estimate of drug-likeness (QED) is 0.0402. The maximum Gasteiger partial charge on any atom is 0.308 e. The molecule has 0 aromatic carbocycles. The van der Waals surface area contributed by atoms with Crippen molar-refractivity contribution in [2.45, 2.75) is 189 Å². The summed E-state index contributed by atoms with van der Waals surface area (Å²) in [6, 6.07) is 0. The van der Waals surface area contributed by atoms with Gasteiger partial charge in [-0.25, -0.2) is 0 Å². The Morgan fingerprint density at radius 2 is 0.826 bits per heavy atom. The summed E-state index contributed by atoms with van der Waals surface area (Å²) < 4.78 is 11.4. The summed E-state index contributed by atoms with van der Waals surface area (Å²) in [6.45, 7) is 11.5. The standard InChI is InChI=1S/C40H75NO5/c1-6-11-15-17-19-21-23-25-30-36(28-13-8-3)39(43)45-34-32-41(38(42)27-10-5)33-35-46-40(44)37(29-14-9-4)31-26-24-22-20-18-16-12-7-2/h10,27,36-37H,6-9,11-26,28-35H2,1-5H3/b27-10-. The highest BCUT2D eigenvalue weighted by Crippen LogP contribution is 2.21. The number of allylic oxidation sites excluding steroid dienone is 1. The normalized spacial score (nSPS) is 12.7. The fraction of sp³-hybridized carbons (Fsp3) is 0.875. The fourth-order valence-electron chi connectivity index (χ4n) is 6.04. The van der Waals surface area contributed by atoms with E-state index in [1.807, 2.05) is 6.92 Å². The van der Waals surface area contributed by atoms with E-state index in [2.05, 4.69) is 27.7 Å². The molecule has 0 fully saturated rings. The van der Waals surface area contributed by atoms with Crippen molar-refractivity contribution in [1.82, 2.24) is 4.90 Å². The minimum absolute atomic E-state index is 0.0678. The van der Waals surface area contributed by atoms with E-state index in [9.17, 15) is 14.4 Å². The molecule has 0 N–H and O–H groups in total. The van der Waals surface area contributed by atoms with Crippen LogP contribution in [0.15, 0.2) is 12.2 Å². The zero-order chi connectivity index (χ0) is 34.1. The molecule has 0 saturated heterocycles. The molecule has 0 radical (unpaired) electrons.